The first-order chi connectivity index (χ1) is 12.5. The first kappa shape index (κ1) is 22.8. The molecule has 0 aromatic heterocycles. The van der Waals surface area contributed by atoms with Crippen LogP contribution in [0.15, 0.2) is 48.5 Å². The van der Waals surface area contributed by atoms with Crippen molar-refractivity contribution in [3.8, 4) is 11.5 Å². The highest BCUT2D eigenvalue weighted by Gasteiger charge is 2.18. The molecule has 0 atom stereocenters. The zero-order valence-corrected chi connectivity index (χ0v) is 17.0. The van der Waals surface area contributed by atoms with Crippen LogP contribution in [-0.2, 0) is 6.42 Å². The van der Waals surface area contributed by atoms with E-state index in [1.165, 1.54) is 5.56 Å². The molecule has 2 aromatic rings. The van der Waals surface area contributed by atoms with E-state index in [-0.39, 0.29) is 24.4 Å². The average molecular weight is 393 g/mol. The van der Waals surface area contributed by atoms with Gasteiger partial charge in [-0.3, -0.25) is 4.79 Å². The molecule has 2 rings (SSSR count). The first-order valence-electron chi connectivity index (χ1n) is 8.93. The summed E-state index contributed by atoms with van der Waals surface area (Å²) in [4.78, 5) is 14.7. The Bertz CT molecular complexity index is 708. The molecule has 27 heavy (non-hydrogen) atoms. The Labute approximate surface area is 167 Å². The van der Waals surface area contributed by atoms with Crippen LogP contribution in [0.5, 0.6) is 11.5 Å². The molecule has 0 aliphatic heterocycles. The number of carbonyl (C=O) groups excluding carboxylic acids is 1. The number of hydrogen-bond donors (Lipinski definition) is 1. The molecular weight excluding hydrogens is 364 g/mol. The van der Waals surface area contributed by atoms with Gasteiger partial charge in [0.2, 0.25) is 0 Å². The third kappa shape index (κ3) is 6.77. The van der Waals surface area contributed by atoms with Crippen LogP contribution >= 0.6 is 12.4 Å². The average Bonchev–Trinajstić information content (AvgIpc) is 2.65. The summed E-state index contributed by atoms with van der Waals surface area (Å²) >= 11 is 0. The molecule has 2 aromatic carbocycles. The Hall–Kier alpha value is -2.24. The molecule has 0 fully saturated rings. The first-order valence-corrected chi connectivity index (χ1v) is 8.93. The number of nitrogens with two attached hydrogens (primary N) is 1. The number of rotatable bonds is 9. The number of benzene rings is 2. The number of nitrogens with zero attached hydrogens (tertiary/aromatic N) is 1. The predicted molar refractivity (Wildman–Crippen MR) is 111 cm³/mol. The van der Waals surface area contributed by atoms with Crippen molar-refractivity contribution in [1.82, 2.24) is 4.90 Å². The fraction of sp³-hybridized carbons (Fsp3) is 0.381. The fourth-order valence-corrected chi connectivity index (χ4v) is 2.71. The minimum atomic E-state index is -0.0548. The van der Waals surface area contributed by atoms with Crippen LogP contribution in [-0.4, -0.2) is 43.7 Å². The summed E-state index contributed by atoms with van der Waals surface area (Å²) in [7, 11) is 1.57. The monoisotopic (exact) mass is 392 g/mol. The number of carbonyl (C=O) groups is 1. The van der Waals surface area contributed by atoms with Crippen LogP contribution in [0.3, 0.4) is 0 Å². The summed E-state index contributed by atoms with van der Waals surface area (Å²) < 4.78 is 11.1. The third-order valence-electron chi connectivity index (χ3n) is 3.97. The summed E-state index contributed by atoms with van der Waals surface area (Å²) in [5, 5.41) is 0. The van der Waals surface area contributed by atoms with Gasteiger partial charge in [0.25, 0.3) is 5.91 Å². The maximum Gasteiger partial charge on any atom is 0.254 e. The van der Waals surface area contributed by atoms with E-state index in [0.717, 1.165) is 6.42 Å². The lowest BCUT2D eigenvalue weighted by molar-refractivity contribution is 0.0761. The molecule has 6 heteroatoms. The van der Waals surface area contributed by atoms with Gasteiger partial charge in [-0.15, -0.1) is 12.4 Å². The summed E-state index contributed by atoms with van der Waals surface area (Å²) in [6, 6.07) is 15.4. The molecule has 5 nitrogen and oxygen atoms in total. The third-order valence-corrected chi connectivity index (χ3v) is 3.97. The van der Waals surface area contributed by atoms with Crippen molar-refractivity contribution >= 4 is 18.3 Å². The number of halogens is 1. The van der Waals surface area contributed by atoms with Gasteiger partial charge in [0, 0.05) is 25.2 Å². The van der Waals surface area contributed by atoms with E-state index in [4.69, 9.17) is 15.2 Å². The summed E-state index contributed by atoms with van der Waals surface area (Å²) in [6.07, 6.45) is 0.822. The van der Waals surface area contributed by atoms with Crippen LogP contribution in [0.4, 0.5) is 0 Å². The zero-order chi connectivity index (χ0) is 18.9. The summed E-state index contributed by atoms with van der Waals surface area (Å²) in [6.45, 7) is 5.45. The Morgan fingerprint density at radius 1 is 1.07 bits per heavy atom. The number of ether oxygens (including phenoxy) is 2. The molecule has 0 spiro atoms. The highest BCUT2D eigenvalue weighted by molar-refractivity contribution is 5.95. The van der Waals surface area contributed by atoms with Gasteiger partial charge in [-0.2, -0.15) is 0 Å². The largest absolute Gasteiger partial charge is 0.493 e. The van der Waals surface area contributed by atoms with Crippen molar-refractivity contribution in [2.45, 2.75) is 26.4 Å². The molecule has 0 aliphatic rings. The minimum Gasteiger partial charge on any atom is -0.493 e. The molecule has 0 aliphatic carbocycles. The molecule has 0 saturated carbocycles. The Morgan fingerprint density at radius 3 is 2.37 bits per heavy atom. The summed E-state index contributed by atoms with van der Waals surface area (Å²) in [5.41, 5.74) is 7.47. The standard InChI is InChI=1S/C21H28N2O3.ClH/c1-16(2)26-19-10-9-18(15-20(19)25-3)21(24)23(14-12-22)13-11-17-7-5-4-6-8-17;/h4-10,15-16H,11-14,22H2,1-3H3;1H. The van der Waals surface area contributed by atoms with Gasteiger partial charge in [0.15, 0.2) is 11.5 Å². The molecule has 0 bridgehead atoms. The van der Waals surface area contributed by atoms with Gasteiger partial charge in [0.1, 0.15) is 0 Å². The maximum absolute atomic E-state index is 12.9. The van der Waals surface area contributed by atoms with E-state index in [1.807, 2.05) is 32.0 Å². The fourth-order valence-electron chi connectivity index (χ4n) is 2.71. The Morgan fingerprint density at radius 2 is 1.78 bits per heavy atom. The van der Waals surface area contributed by atoms with Gasteiger partial charge < -0.3 is 20.1 Å². The van der Waals surface area contributed by atoms with Crippen molar-refractivity contribution in [2.75, 3.05) is 26.7 Å². The van der Waals surface area contributed by atoms with Crippen LogP contribution in [0.2, 0.25) is 0 Å². The van der Waals surface area contributed by atoms with Gasteiger partial charge in [0.05, 0.1) is 13.2 Å². The molecule has 0 heterocycles. The second kappa shape index (κ2) is 11.5. The minimum absolute atomic E-state index is 0. The highest BCUT2D eigenvalue weighted by atomic mass is 35.5. The van der Waals surface area contributed by atoms with Crippen LogP contribution in [0, 0.1) is 0 Å². The van der Waals surface area contributed by atoms with E-state index in [9.17, 15) is 4.79 Å². The summed E-state index contributed by atoms with van der Waals surface area (Å²) in [5.74, 6) is 1.13. The molecule has 0 radical (unpaired) electrons. The molecular formula is C21H29ClN2O3. The van der Waals surface area contributed by atoms with Crippen LogP contribution in [0.1, 0.15) is 29.8 Å². The molecule has 0 saturated heterocycles. The highest BCUT2D eigenvalue weighted by Crippen LogP contribution is 2.29. The Kier molecular flexibility index (Phi) is 9.68. The Balaban J connectivity index is 0.00000364. The molecule has 0 unspecified atom stereocenters. The number of methoxy groups -OCH3 is 1. The molecule has 1 amide bonds. The van der Waals surface area contributed by atoms with Gasteiger partial charge in [-0.1, -0.05) is 30.3 Å². The lowest BCUT2D eigenvalue weighted by Crippen LogP contribution is -2.37. The van der Waals surface area contributed by atoms with Crippen molar-refractivity contribution < 1.29 is 14.3 Å². The van der Waals surface area contributed by atoms with Gasteiger partial charge in [-0.25, -0.2) is 0 Å². The van der Waals surface area contributed by atoms with Crippen molar-refractivity contribution in [2.24, 2.45) is 5.73 Å². The van der Waals surface area contributed by atoms with E-state index >= 15 is 0 Å². The molecule has 2 N–H and O–H groups in total. The van der Waals surface area contributed by atoms with Crippen LogP contribution in [0.25, 0.3) is 0 Å². The topological polar surface area (TPSA) is 64.8 Å². The van der Waals surface area contributed by atoms with Gasteiger partial charge in [-0.05, 0) is 44.0 Å². The van der Waals surface area contributed by atoms with E-state index in [2.05, 4.69) is 12.1 Å². The predicted octanol–water partition coefficient (Wildman–Crippen LogP) is 3.55. The van der Waals surface area contributed by atoms with E-state index in [0.29, 0.717) is 36.7 Å². The molecule has 148 valence electrons. The number of hydrogen-bond acceptors (Lipinski definition) is 4. The second-order valence-electron chi connectivity index (χ2n) is 6.35. The van der Waals surface area contributed by atoms with Crippen molar-refractivity contribution in [1.29, 1.82) is 0 Å². The van der Waals surface area contributed by atoms with Crippen LogP contribution < -0.4 is 15.2 Å². The SMILES string of the molecule is COc1cc(C(=O)N(CCN)CCc2ccccc2)ccc1OC(C)C.Cl. The second-order valence-corrected chi connectivity index (χ2v) is 6.35. The quantitative estimate of drug-likeness (QED) is 0.708. The van der Waals surface area contributed by atoms with Crippen molar-refractivity contribution in [3.05, 3.63) is 59.7 Å². The maximum atomic E-state index is 12.9. The lowest BCUT2D eigenvalue weighted by atomic mass is 10.1. The van der Waals surface area contributed by atoms with Gasteiger partial charge >= 0.3 is 0 Å². The normalized spacial score (nSPS) is 10.3. The number of amides is 1. The van der Waals surface area contributed by atoms with E-state index in [1.54, 1.807) is 30.2 Å². The smallest absolute Gasteiger partial charge is 0.254 e. The van der Waals surface area contributed by atoms with E-state index < -0.39 is 0 Å². The lowest BCUT2D eigenvalue weighted by Gasteiger charge is -2.23. The zero-order valence-electron chi connectivity index (χ0n) is 16.2. The van der Waals surface area contributed by atoms with Crippen molar-refractivity contribution in [3.63, 3.8) is 0 Å².